The molecule has 0 atom stereocenters. The zero-order chi connectivity index (χ0) is 20.2. The van der Waals surface area contributed by atoms with Crippen LogP contribution in [0.15, 0.2) is 53.5 Å². The highest BCUT2D eigenvalue weighted by Gasteiger charge is 2.03. The lowest BCUT2D eigenvalue weighted by atomic mass is 10.2. The molecule has 0 bridgehead atoms. The first-order chi connectivity index (χ1) is 13.6. The lowest BCUT2D eigenvalue weighted by Gasteiger charge is -2.12. The number of nitrogens with one attached hydrogen (secondary N) is 3. The third-order valence-corrected chi connectivity index (χ3v) is 4.05. The first-order valence-electron chi connectivity index (χ1n) is 9.68. The second-order valence-electron chi connectivity index (χ2n) is 6.40. The third-order valence-electron chi connectivity index (χ3n) is 4.05. The first-order valence-corrected chi connectivity index (χ1v) is 9.68. The fraction of sp³-hybridized carbons (Fsp3) is 0.364. The van der Waals surface area contributed by atoms with E-state index < -0.39 is 0 Å². The van der Waals surface area contributed by atoms with Crippen LogP contribution >= 0.6 is 24.0 Å². The number of ether oxygens (including phenoxy) is 1. The van der Waals surface area contributed by atoms with E-state index in [0.717, 1.165) is 41.5 Å². The van der Waals surface area contributed by atoms with Gasteiger partial charge in [-0.1, -0.05) is 31.2 Å². The van der Waals surface area contributed by atoms with Gasteiger partial charge in [-0.15, -0.1) is 24.0 Å². The number of aliphatic imine (C=N–C) groups is 1. The van der Waals surface area contributed by atoms with Crippen LogP contribution in [-0.2, 0) is 17.9 Å². The number of hydrogen-bond donors (Lipinski definition) is 3. The average Bonchev–Trinajstić information content (AvgIpc) is 2.70. The van der Waals surface area contributed by atoms with Gasteiger partial charge in [0, 0.05) is 25.2 Å². The van der Waals surface area contributed by atoms with Gasteiger partial charge >= 0.3 is 0 Å². The Morgan fingerprint density at radius 2 is 1.79 bits per heavy atom. The molecule has 1 amide bonds. The molecule has 0 unspecified atom stereocenters. The predicted octanol–water partition coefficient (Wildman–Crippen LogP) is 4.31. The number of rotatable bonds is 9. The standard InChI is InChI=1S/C22H30N4O2.HI/c1-4-8-21(27)26-19-11-6-9-17(13-19)15-24-22(23-5-2)25-16-18-10-7-12-20(14-18)28-3;/h6-7,9-14H,4-5,8,15-16H2,1-3H3,(H,26,27)(H2,23,24,25);1H. The molecular formula is C22H31IN4O2. The number of amides is 1. The van der Waals surface area contributed by atoms with Crippen molar-refractivity contribution in [3.8, 4) is 5.75 Å². The molecule has 0 heterocycles. The molecule has 0 spiro atoms. The second-order valence-corrected chi connectivity index (χ2v) is 6.40. The lowest BCUT2D eigenvalue weighted by Crippen LogP contribution is -2.36. The van der Waals surface area contributed by atoms with Crippen molar-refractivity contribution in [3.63, 3.8) is 0 Å². The van der Waals surface area contributed by atoms with E-state index >= 15 is 0 Å². The van der Waals surface area contributed by atoms with Gasteiger partial charge in [-0.05, 0) is 48.7 Å². The number of anilines is 1. The van der Waals surface area contributed by atoms with Crippen LogP contribution < -0.4 is 20.7 Å². The summed E-state index contributed by atoms with van der Waals surface area (Å²) in [6.45, 7) is 5.97. The molecule has 2 aromatic carbocycles. The molecule has 0 aliphatic rings. The molecule has 0 aliphatic carbocycles. The van der Waals surface area contributed by atoms with Crippen LogP contribution in [0.2, 0.25) is 0 Å². The quantitative estimate of drug-likeness (QED) is 0.267. The number of hydrogen-bond acceptors (Lipinski definition) is 3. The number of nitrogens with zero attached hydrogens (tertiary/aromatic N) is 1. The molecule has 3 N–H and O–H groups in total. The maximum absolute atomic E-state index is 11.8. The van der Waals surface area contributed by atoms with Crippen molar-refractivity contribution < 1.29 is 9.53 Å². The Bertz CT molecular complexity index is 796. The zero-order valence-electron chi connectivity index (χ0n) is 17.3. The van der Waals surface area contributed by atoms with E-state index in [9.17, 15) is 4.79 Å². The maximum Gasteiger partial charge on any atom is 0.224 e. The number of carbonyl (C=O) groups excluding carboxylic acids is 1. The molecule has 29 heavy (non-hydrogen) atoms. The van der Waals surface area contributed by atoms with Gasteiger partial charge in [0.1, 0.15) is 5.75 Å². The van der Waals surface area contributed by atoms with Crippen LogP contribution in [-0.4, -0.2) is 25.5 Å². The highest BCUT2D eigenvalue weighted by atomic mass is 127. The summed E-state index contributed by atoms with van der Waals surface area (Å²) in [5.41, 5.74) is 2.96. The van der Waals surface area contributed by atoms with E-state index in [1.807, 2.05) is 62.4 Å². The van der Waals surface area contributed by atoms with Crippen molar-refractivity contribution >= 4 is 41.5 Å². The Morgan fingerprint density at radius 3 is 2.52 bits per heavy atom. The molecule has 0 saturated carbocycles. The number of methoxy groups -OCH3 is 1. The normalized spacial score (nSPS) is 10.7. The molecule has 0 radical (unpaired) electrons. The minimum atomic E-state index is 0. The van der Waals surface area contributed by atoms with Gasteiger partial charge in [0.25, 0.3) is 0 Å². The number of benzene rings is 2. The van der Waals surface area contributed by atoms with Gasteiger partial charge < -0.3 is 20.7 Å². The van der Waals surface area contributed by atoms with Crippen LogP contribution in [0, 0.1) is 0 Å². The summed E-state index contributed by atoms with van der Waals surface area (Å²) in [5, 5.41) is 9.51. The minimum Gasteiger partial charge on any atom is -0.497 e. The first kappa shape index (κ1) is 24.7. The second kappa shape index (κ2) is 13.8. The molecule has 0 aliphatic heterocycles. The summed E-state index contributed by atoms with van der Waals surface area (Å²) in [5.74, 6) is 1.62. The zero-order valence-corrected chi connectivity index (χ0v) is 19.7. The van der Waals surface area contributed by atoms with Crippen molar-refractivity contribution in [1.82, 2.24) is 10.6 Å². The predicted molar refractivity (Wildman–Crippen MR) is 130 cm³/mol. The van der Waals surface area contributed by atoms with Crippen LogP contribution in [0.5, 0.6) is 5.75 Å². The van der Waals surface area contributed by atoms with Gasteiger partial charge in [0.2, 0.25) is 5.91 Å². The monoisotopic (exact) mass is 510 g/mol. The SMILES string of the molecule is CCCC(=O)Nc1cccc(CN=C(NCC)NCc2cccc(OC)c2)c1.I. The molecule has 0 aromatic heterocycles. The Morgan fingerprint density at radius 1 is 1.03 bits per heavy atom. The van der Waals surface area contributed by atoms with E-state index in [1.165, 1.54) is 0 Å². The molecule has 7 heteroatoms. The number of carbonyl (C=O) groups is 1. The van der Waals surface area contributed by atoms with Crippen LogP contribution in [0.3, 0.4) is 0 Å². The van der Waals surface area contributed by atoms with E-state index in [1.54, 1.807) is 7.11 Å². The Labute approximate surface area is 190 Å². The van der Waals surface area contributed by atoms with Crippen molar-refractivity contribution in [2.75, 3.05) is 19.0 Å². The molecule has 158 valence electrons. The minimum absolute atomic E-state index is 0. The Hall–Kier alpha value is -2.29. The number of halogens is 1. The van der Waals surface area contributed by atoms with Crippen molar-refractivity contribution in [3.05, 3.63) is 59.7 Å². The van der Waals surface area contributed by atoms with Crippen molar-refractivity contribution in [1.29, 1.82) is 0 Å². The fourth-order valence-electron chi connectivity index (χ4n) is 2.68. The summed E-state index contributed by atoms with van der Waals surface area (Å²) in [6.07, 6.45) is 1.36. The van der Waals surface area contributed by atoms with Gasteiger partial charge in [-0.2, -0.15) is 0 Å². The van der Waals surface area contributed by atoms with E-state index in [4.69, 9.17) is 4.74 Å². The third kappa shape index (κ3) is 9.17. The average molecular weight is 510 g/mol. The van der Waals surface area contributed by atoms with E-state index in [-0.39, 0.29) is 29.9 Å². The summed E-state index contributed by atoms with van der Waals surface area (Å²) < 4.78 is 5.26. The number of guanidine groups is 1. The van der Waals surface area contributed by atoms with Gasteiger partial charge in [-0.3, -0.25) is 4.79 Å². The van der Waals surface area contributed by atoms with Gasteiger partial charge in [-0.25, -0.2) is 4.99 Å². The smallest absolute Gasteiger partial charge is 0.224 e. The fourth-order valence-corrected chi connectivity index (χ4v) is 2.68. The molecule has 6 nitrogen and oxygen atoms in total. The van der Waals surface area contributed by atoms with Gasteiger partial charge in [0.15, 0.2) is 5.96 Å². The summed E-state index contributed by atoms with van der Waals surface area (Å²) in [4.78, 5) is 16.4. The van der Waals surface area contributed by atoms with Crippen molar-refractivity contribution in [2.24, 2.45) is 4.99 Å². The topological polar surface area (TPSA) is 74.8 Å². The maximum atomic E-state index is 11.8. The lowest BCUT2D eigenvalue weighted by molar-refractivity contribution is -0.116. The molecule has 0 saturated heterocycles. The largest absolute Gasteiger partial charge is 0.497 e. The van der Waals surface area contributed by atoms with Crippen LogP contribution in [0.1, 0.15) is 37.8 Å². The Kier molecular flexibility index (Phi) is 11.8. The summed E-state index contributed by atoms with van der Waals surface area (Å²) >= 11 is 0. The van der Waals surface area contributed by atoms with Crippen molar-refractivity contribution in [2.45, 2.75) is 39.8 Å². The molecule has 2 rings (SSSR count). The Balaban J connectivity index is 0.00000420. The highest BCUT2D eigenvalue weighted by molar-refractivity contribution is 14.0. The summed E-state index contributed by atoms with van der Waals surface area (Å²) in [6, 6.07) is 15.7. The summed E-state index contributed by atoms with van der Waals surface area (Å²) in [7, 11) is 1.66. The van der Waals surface area contributed by atoms with Gasteiger partial charge in [0.05, 0.1) is 13.7 Å². The molecular weight excluding hydrogens is 479 g/mol. The highest BCUT2D eigenvalue weighted by Crippen LogP contribution is 2.13. The molecule has 2 aromatic rings. The van der Waals surface area contributed by atoms with Crippen LogP contribution in [0.4, 0.5) is 5.69 Å². The molecule has 0 fully saturated rings. The van der Waals surface area contributed by atoms with Crippen LogP contribution in [0.25, 0.3) is 0 Å². The van der Waals surface area contributed by atoms with E-state index in [0.29, 0.717) is 19.5 Å². The van der Waals surface area contributed by atoms with E-state index in [2.05, 4.69) is 20.9 Å².